The number of imide groups is 1. The van der Waals surface area contributed by atoms with Gasteiger partial charge in [0.05, 0.1) is 33.8 Å². The SMILES string of the molecule is COc1ccccc1CN1C(=O)NC2CC(c3nc(-c4ccc(OC)c(OC)c4)no3)CCC2C1=O. The summed E-state index contributed by atoms with van der Waals surface area (Å²) >= 11 is 0. The van der Waals surface area contributed by atoms with Crippen molar-refractivity contribution in [2.45, 2.75) is 37.8 Å². The van der Waals surface area contributed by atoms with Gasteiger partial charge in [0.15, 0.2) is 11.5 Å². The molecule has 3 amide bonds. The number of hydrogen-bond donors (Lipinski definition) is 1. The number of ether oxygens (including phenoxy) is 3. The number of nitrogens with one attached hydrogen (secondary N) is 1. The van der Waals surface area contributed by atoms with Gasteiger partial charge in [0.2, 0.25) is 17.6 Å². The zero-order valence-electron chi connectivity index (χ0n) is 20.4. The van der Waals surface area contributed by atoms with Crippen LogP contribution in [-0.4, -0.2) is 54.4 Å². The van der Waals surface area contributed by atoms with Crippen molar-refractivity contribution in [2.24, 2.45) is 5.92 Å². The van der Waals surface area contributed by atoms with Crippen molar-refractivity contribution < 1.29 is 28.3 Å². The van der Waals surface area contributed by atoms with E-state index in [1.165, 1.54) is 4.90 Å². The molecule has 0 spiro atoms. The lowest BCUT2D eigenvalue weighted by molar-refractivity contribution is -0.137. The molecule has 10 nitrogen and oxygen atoms in total. The molecule has 36 heavy (non-hydrogen) atoms. The second kappa shape index (κ2) is 9.88. The molecule has 10 heteroatoms. The van der Waals surface area contributed by atoms with Crippen LogP contribution in [0.5, 0.6) is 17.2 Å². The zero-order chi connectivity index (χ0) is 25.2. The Kier molecular flexibility index (Phi) is 6.49. The smallest absolute Gasteiger partial charge is 0.324 e. The average molecular weight is 493 g/mol. The molecular weight excluding hydrogens is 464 g/mol. The fraction of sp³-hybridized carbons (Fsp3) is 0.385. The quantitative estimate of drug-likeness (QED) is 0.530. The topological polar surface area (TPSA) is 116 Å². The number of urea groups is 1. The second-order valence-electron chi connectivity index (χ2n) is 8.93. The standard InChI is InChI=1S/C26H28N4O6/c1-33-20-7-5-4-6-17(20)14-30-25(31)18-10-8-16(12-19(18)27-26(30)32)24-28-23(29-36-24)15-9-11-21(34-2)22(13-15)35-3/h4-7,9,11,13,16,18-19H,8,10,12,14H2,1-3H3,(H,27,32). The van der Waals surface area contributed by atoms with Gasteiger partial charge in [-0.25, -0.2) is 4.79 Å². The maximum atomic E-state index is 13.3. The van der Waals surface area contributed by atoms with Crippen molar-refractivity contribution >= 4 is 11.9 Å². The van der Waals surface area contributed by atoms with E-state index in [0.29, 0.717) is 48.2 Å². The summed E-state index contributed by atoms with van der Waals surface area (Å²) in [7, 11) is 4.72. The van der Waals surface area contributed by atoms with Crippen LogP contribution in [-0.2, 0) is 11.3 Å². The Morgan fingerprint density at radius 1 is 1.00 bits per heavy atom. The maximum Gasteiger partial charge on any atom is 0.324 e. The van der Waals surface area contributed by atoms with E-state index in [1.807, 2.05) is 30.3 Å². The van der Waals surface area contributed by atoms with Crippen molar-refractivity contribution in [3.63, 3.8) is 0 Å². The highest BCUT2D eigenvalue weighted by molar-refractivity contribution is 5.98. The third kappa shape index (κ3) is 4.34. The molecule has 3 unspecified atom stereocenters. The summed E-state index contributed by atoms with van der Waals surface area (Å²) in [6.07, 6.45) is 1.88. The van der Waals surface area contributed by atoms with Gasteiger partial charge in [-0.2, -0.15) is 4.98 Å². The molecule has 2 heterocycles. The number of para-hydroxylation sites is 1. The first-order valence-corrected chi connectivity index (χ1v) is 11.8. The number of aromatic nitrogens is 2. The first-order valence-electron chi connectivity index (χ1n) is 11.8. The van der Waals surface area contributed by atoms with Crippen LogP contribution in [0.2, 0.25) is 0 Å². The van der Waals surface area contributed by atoms with Crippen LogP contribution < -0.4 is 19.5 Å². The number of nitrogens with zero attached hydrogens (tertiary/aromatic N) is 3. The minimum Gasteiger partial charge on any atom is -0.496 e. The first kappa shape index (κ1) is 23.7. The molecule has 1 saturated carbocycles. The first-order chi connectivity index (χ1) is 17.5. The van der Waals surface area contributed by atoms with Gasteiger partial charge in [-0.15, -0.1) is 0 Å². The van der Waals surface area contributed by atoms with E-state index >= 15 is 0 Å². The lowest BCUT2D eigenvalue weighted by atomic mass is 9.76. The fourth-order valence-electron chi connectivity index (χ4n) is 5.03. The predicted octanol–water partition coefficient (Wildman–Crippen LogP) is 3.77. The summed E-state index contributed by atoms with van der Waals surface area (Å²) in [4.78, 5) is 32.0. The molecule has 0 radical (unpaired) electrons. The number of fused-ring (bicyclic) bond motifs is 1. The molecule has 2 aliphatic rings. The van der Waals surface area contributed by atoms with E-state index in [1.54, 1.807) is 33.5 Å². The molecule has 1 saturated heterocycles. The highest BCUT2D eigenvalue weighted by Crippen LogP contribution is 2.39. The van der Waals surface area contributed by atoms with Crippen molar-refractivity contribution in [2.75, 3.05) is 21.3 Å². The van der Waals surface area contributed by atoms with E-state index < -0.39 is 6.03 Å². The van der Waals surface area contributed by atoms with Crippen LogP contribution in [0.25, 0.3) is 11.4 Å². The number of carbonyl (C=O) groups excluding carboxylic acids is 2. The third-order valence-corrected chi connectivity index (χ3v) is 6.94. The van der Waals surface area contributed by atoms with E-state index in [9.17, 15) is 9.59 Å². The Balaban J connectivity index is 1.28. The number of amides is 3. The third-order valence-electron chi connectivity index (χ3n) is 6.94. The van der Waals surface area contributed by atoms with Crippen molar-refractivity contribution in [3.8, 4) is 28.6 Å². The highest BCUT2D eigenvalue weighted by Gasteiger charge is 2.45. The van der Waals surface area contributed by atoms with Crippen LogP contribution in [0.3, 0.4) is 0 Å². The number of carbonyl (C=O) groups is 2. The Hall–Kier alpha value is -4.08. The van der Waals surface area contributed by atoms with Gasteiger partial charge in [0.25, 0.3) is 0 Å². The van der Waals surface area contributed by atoms with Gasteiger partial charge in [0.1, 0.15) is 5.75 Å². The van der Waals surface area contributed by atoms with Gasteiger partial charge < -0.3 is 24.1 Å². The molecule has 188 valence electrons. The van der Waals surface area contributed by atoms with Crippen LogP contribution >= 0.6 is 0 Å². The molecule has 1 aliphatic carbocycles. The van der Waals surface area contributed by atoms with Gasteiger partial charge in [-0.3, -0.25) is 9.69 Å². The summed E-state index contributed by atoms with van der Waals surface area (Å²) in [6.45, 7) is 0.166. The van der Waals surface area contributed by atoms with Gasteiger partial charge in [0, 0.05) is 23.1 Å². The monoisotopic (exact) mass is 492 g/mol. The van der Waals surface area contributed by atoms with Crippen molar-refractivity contribution in [1.29, 1.82) is 0 Å². The maximum absolute atomic E-state index is 13.3. The van der Waals surface area contributed by atoms with Crippen LogP contribution in [0, 0.1) is 5.92 Å². The van der Waals surface area contributed by atoms with Crippen LogP contribution in [0.4, 0.5) is 4.79 Å². The molecule has 3 aromatic rings. The number of benzene rings is 2. The Morgan fingerprint density at radius 3 is 2.56 bits per heavy atom. The van der Waals surface area contributed by atoms with E-state index in [4.69, 9.17) is 18.7 Å². The van der Waals surface area contributed by atoms with E-state index in [2.05, 4.69) is 15.5 Å². The number of rotatable bonds is 7. The molecule has 0 bridgehead atoms. The summed E-state index contributed by atoms with van der Waals surface area (Å²) in [5, 5.41) is 7.17. The second-order valence-corrected chi connectivity index (χ2v) is 8.93. The largest absolute Gasteiger partial charge is 0.496 e. The molecule has 5 rings (SSSR count). The molecule has 1 aliphatic heterocycles. The minimum atomic E-state index is -0.399. The molecule has 1 N–H and O–H groups in total. The van der Waals surface area contributed by atoms with E-state index in [0.717, 1.165) is 11.1 Å². The predicted molar refractivity (Wildman–Crippen MR) is 129 cm³/mol. The Bertz CT molecular complexity index is 1270. The normalized spacial score (nSPS) is 21.5. The van der Waals surface area contributed by atoms with Crippen molar-refractivity contribution in [3.05, 3.63) is 53.9 Å². The van der Waals surface area contributed by atoms with Crippen LogP contribution in [0.1, 0.15) is 36.6 Å². The van der Waals surface area contributed by atoms with Crippen molar-refractivity contribution in [1.82, 2.24) is 20.4 Å². The van der Waals surface area contributed by atoms with Gasteiger partial charge >= 0.3 is 6.03 Å². The number of methoxy groups -OCH3 is 3. The molecule has 3 atom stereocenters. The lowest BCUT2D eigenvalue weighted by Gasteiger charge is -2.41. The molecule has 2 aromatic carbocycles. The average Bonchev–Trinajstić information content (AvgIpc) is 3.41. The summed E-state index contributed by atoms with van der Waals surface area (Å²) in [5.41, 5.74) is 1.52. The van der Waals surface area contributed by atoms with E-state index in [-0.39, 0.29) is 30.3 Å². The zero-order valence-corrected chi connectivity index (χ0v) is 20.4. The molecule has 2 fully saturated rings. The minimum absolute atomic E-state index is 0.0542. The Labute approximate surface area is 208 Å². The summed E-state index contributed by atoms with van der Waals surface area (Å²) in [5.74, 6) is 2.26. The van der Waals surface area contributed by atoms with Gasteiger partial charge in [-0.1, -0.05) is 23.4 Å². The van der Waals surface area contributed by atoms with Gasteiger partial charge in [-0.05, 0) is 43.5 Å². The summed E-state index contributed by atoms with van der Waals surface area (Å²) in [6, 6.07) is 12.1. The molecule has 1 aromatic heterocycles. The fourth-order valence-corrected chi connectivity index (χ4v) is 5.03. The lowest BCUT2D eigenvalue weighted by Crippen LogP contribution is -2.60. The highest BCUT2D eigenvalue weighted by atomic mass is 16.5. The molecular formula is C26H28N4O6. The van der Waals surface area contributed by atoms with Crippen LogP contribution in [0.15, 0.2) is 47.0 Å². The number of hydrogen-bond acceptors (Lipinski definition) is 8. The summed E-state index contributed by atoms with van der Waals surface area (Å²) < 4.78 is 21.6. The Morgan fingerprint density at radius 2 is 1.78 bits per heavy atom.